The average Bonchev–Trinajstić information content (AvgIpc) is 3.20. The summed E-state index contributed by atoms with van der Waals surface area (Å²) < 4.78 is 10.2. The first-order valence-corrected chi connectivity index (χ1v) is 8.99. The van der Waals surface area contributed by atoms with Crippen LogP contribution < -0.4 is 0 Å². The number of hydrogen-bond donors (Lipinski definition) is 1. The highest BCUT2D eigenvalue weighted by Crippen LogP contribution is 2.19. The number of allylic oxidation sites excluding steroid dienone is 1. The van der Waals surface area contributed by atoms with Crippen molar-refractivity contribution in [1.82, 2.24) is 0 Å². The summed E-state index contributed by atoms with van der Waals surface area (Å²) in [6.45, 7) is 4.35. The number of aliphatic hydroxyl groups is 1. The van der Waals surface area contributed by atoms with E-state index in [4.69, 9.17) is 8.83 Å². The lowest BCUT2D eigenvalue weighted by molar-refractivity contribution is 0.143. The molecule has 0 fully saturated rings. The minimum absolute atomic E-state index is 0.237. The lowest BCUT2D eigenvalue weighted by Gasteiger charge is -2.16. The van der Waals surface area contributed by atoms with Crippen molar-refractivity contribution >= 4 is 0 Å². The Labute approximate surface area is 145 Å². The van der Waals surface area contributed by atoms with E-state index < -0.39 is 0 Å². The lowest BCUT2D eigenvalue weighted by Crippen LogP contribution is -2.12. The first-order chi connectivity index (χ1) is 11.6. The van der Waals surface area contributed by atoms with E-state index in [0.717, 1.165) is 44.9 Å². The summed E-state index contributed by atoms with van der Waals surface area (Å²) >= 11 is 0. The molecule has 2 rings (SSSR count). The fourth-order valence-corrected chi connectivity index (χ4v) is 3.13. The van der Waals surface area contributed by atoms with Crippen molar-refractivity contribution in [3.05, 3.63) is 60.0 Å². The predicted molar refractivity (Wildman–Crippen MR) is 96.8 cm³/mol. The van der Waals surface area contributed by atoms with Gasteiger partial charge in [-0.1, -0.05) is 25.0 Å². The molecule has 0 bridgehead atoms. The van der Waals surface area contributed by atoms with Crippen molar-refractivity contribution < 1.29 is 13.9 Å². The molecule has 0 saturated carbocycles. The Morgan fingerprint density at radius 2 is 1.79 bits per heavy atom. The van der Waals surface area contributed by atoms with Crippen LogP contribution in [0.4, 0.5) is 0 Å². The van der Waals surface area contributed by atoms with Crippen molar-refractivity contribution in [1.29, 1.82) is 0 Å². The zero-order chi connectivity index (χ0) is 17.2. The molecule has 0 aliphatic rings. The highest BCUT2D eigenvalue weighted by molar-refractivity contribution is 5.08. The topological polar surface area (TPSA) is 46.5 Å². The predicted octanol–water partition coefficient (Wildman–Crippen LogP) is 5.55. The fraction of sp³-hybridized carbons (Fsp3) is 0.524. The summed E-state index contributed by atoms with van der Waals surface area (Å²) in [5, 5.41) is 10.3. The van der Waals surface area contributed by atoms with Crippen LogP contribution >= 0.6 is 0 Å². The number of aliphatic hydroxyl groups excluding tert-OH is 1. The summed E-state index contributed by atoms with van der Waals surface area (Å²) in [6.07, 6.45) is 16.0. The zero-order valence-electron chi connectivity index (χ0n) is 14.9. The van der Waals surface area contributed by atoms with Gasteiger partial charge in [0.2, 0.25) is 0 Å². The average molecular weight is 330 g/mol. The Morgan fingerprint density at radius 3 is 2.42 bits per heavy atom. The van der Waals surface area contributed by atoms with Crippen LogP contribution in [0.3, 0.4) is 0 Å². The van der Waals surface area contributed by atoms with E-state index in [0.29, 0.717) is 5.92 Å². The molecular weight excluding hydrogens is 300 g/mol. The molecule has 0 radical (unpaired) electrons. The first kappa shape index (κ1) is 18.6. The standard InChI is InChI=1S/C21H30O3/c1-17(5-3-7-19-9-11-23-15-19)13-21(22)14-18(2)6-4-8-20-10-12-24-16-20/h5,9-12,15-16,18,21-22H,3-4,6-8,13-14H2,1-2H3/b17-5+/t18-,21+/m0/s1. The molecule has 0 amide bonds. The van der Waals surface area contributed by atoms with Crippen LogP contribution in [-0.2, 0) is 12.8 Å². The Bertz CT molecular complexity index is 566. The maximum absolute atomic E-state index is 10.3. The number of furan rings is 2. The van der Waals surface area contributed by atoms with E-state index >= 15 is 0 Å². The van der Waals surface area contributed by atoms with E-state index in [9.17, 15) is 5.11 Å². The molecule has 0 aliphatic carbocycles. The normalized spacial score (nSPS) is 14.7. The molecule has 2 atom stereocenters. The number of aryl methyl sites for hydroxylation is 2. The Hall–Kier alpha value is -1.74. The molecule has 3 heteroatoms. The lowest BCUT2D eigenvalue weighted by atomic mass is 9.93. The maximum atomic E-state index is 10.3. The smallest absolute Gasteiger partial charge is 0.0934 e. The van der Waals surface area contributed by atoms with Gasteiger partial charge < -0.3 is 13.9 Å². The molecule has 2 aromatic heterocycles. The third-order valence-electron chi connectivity index (χ3n) is 4.48. The van der Waals surface area contributed by atoms with Gasteiger partial charge in [-0.2, -0.15) is 0 Å². The van der Waals surface area contributed by atoms with Gasteiger partial charge in [0.15, 0.2) is 0 Å². The summed E-state index contributed by atoms with van der Waals surface area (Å²) in [7, 11) is 0. The minimum atomic E-state index is -0.237. The molecule has 2 heterocycles. The van der Waals surface area contributed by atoms with Gasteiger partial charge in [-0.05, 0) is 74.6 Å². The molecule has 24 heavy (non-hydrogen) atoms. The van der Waals surface area contributed by atoms with Crippen molar-refractivity contribution in [2.24, 2.45) is 5.92 Å². The quantitative estimate of drug-likeness (QED) is 0.549. The van der Waals surface area contributed by atoms with Crippen LogP contribution in [0, 0.1) is 5.92 Å². The van der Waals surface area contributed by atoms with Gasteiger partial charge in [0.1, 0.15) is 0 Å². The van der Waals surface area contributed by atoms with Gasteiger partial charge in [-0.15, -0.1) is 0 Å². The molecular formula is C21H30O3. The summed E-state index contributed by atoms with van der Waals surface area (Å²) in [5.74, 6) is 0.547. The second-order valence-corrected chi connectivity index (χ2v) is 6.94. The van der Waals surface area contributed by atoms with Crippen LogP contribution in [0.15, 0.2) is 57.7 Å². The molecule has 0 aromatic carbocycles. The molecule has 0 unspecified atom stereocenters. The summed E-state index contributed by atoms with van der Waals surface area (Å²) in [6, 6.07) is 4.03. The zero-order valence-corrected chi connectivity index (χ0v) is 14.9. The first-order valence-electron chi connectivity index (χ1n) is 8.99. The Kier molecular flexibility index (Phi) is 7.90. The van der Waals surface area contributed by atoms with Crippen LogP contribution in [0.25, 0.3) is 0 Å². The minimum Gasteiger partial charge on any atom is -0.472 e. The van der Waals surface area contributed by atoms with Crippen molar-refractivity contribution in [2.75, 3.05) is 0 Å². The molecule has 0 aliphatic heterocycles. The molecule has 132 valence electrons. The van der Waals surface area contributed by atoms with Gasteiger partial charge in [-0.3, -0.25) is 0 Å². The van der Waals surface area contributed by atoms with Gasteiger partial charge >= 0.3 is 0 Å². The SMILES string of the molecule is C/C(=C\CCc1ccoc1)C[C@@H](O)C[C@@H](C)CCCc1ccoc1. The van der Waals surface area contributed by atoms with Crippen LogP contribution in [0.5, 0.6) is 0 Å². The molecule has 3 nitrogen and oxygen atoms in total. The highest BCUT2D eigenvalue weighted by atomic mass is 16.3. The fourth-order valence-electron chi connectivity index (χ4n) is 3.13. The molecule has 1 N–H and O–H groups in total. The van der Waals surface area contributed by atoms with Crippen molar-refractivity contribution in [3.63, 3.8) is 0 Å². The Morgan fingerprint density at radius 1 is 1.12 bits per heavy atom. The third-order valence-corrected chi connectivity index (χ3v) is 4.48. The van der Waals surface area contributed by atoms with Gasteiger partial charge in [0, 0.05) is 0 Å². The van der Waals surface area contributed by atoms with Crippen molar-refractivity contribution in [3.8, 4) is 0 Å². The van der Waals surface area contributed by atoms with Crippen LogP contribution in [-0.4, -0.2) is 11.2 Å². The summed E-state index contributed by atoms with van der Waals surface area (Å²) in [5.41, 5.74) is 3.77. The molecule has 0 spiro atoms. The van der Waals surface area contributed by atoms with E-state index in [1.165, 1.54) is 16.7 Å². The maximum Gasteiger partial charge on any atom is 0.0934 e. The Balaban J connectivity index is 1.59. The van der Waals surface area contributed by atoms with Crippen molar-refractivity contribution in [2.45, 2.75) is 64.9 Å². The number of rotatable bonds is 11. The van der Waals surface area contributed by atoms with E-state index in [2.05, 4.69) is 19.9 Å². The molecule has 0 saturated heterocycles. The van der Waals surface area contributed by atoms with Gasteiger partial charge in [0.05, 0.1) is 31.2 Å². The number of hydrogen-bond acceptors (Lipinski definition) is 3. The largest absolute Gasteiger partial charge is 0.472 e. The second-order valence-electron chi connectivity index (χ2n) is 6.94. The van der Waals surface area contributed by atoms with Gasteiger partial charge in [0.25, 0.3) is 0 Å². The summed E-state index contributed by atoms with van der Waals surface area (Å²) in [4.78, 5) is 0. The third kappa shape index (κ3) is 7.22. The van der Waals surface area contributed by atoms with Crippen LogP contribution in [0.1, 0.15) is 57.1 Å². The highest BCUT2D eigenvalue weighted by Gasteiger charge is 2.11. The van der Waals surface area contributed by atoms with Crippen LogP contribution in [0.2, 0.25) is 0 Å². The van der Waals surface area contributed by atoms with Gasteiger partial charge in [-0.25, -0.2) is 0 Å². The van der Waals surface area contributed by atoms with E-state index in [1.54, 1.807) is 18.8 Å². The van der Waals surface area contributed by atoms with E-state index in [1.807, 2.05) is 18.4 Å². The monoisotopic (exact) mass is 330 g/mol. The molecule has 2 aromatic rings. The van der Waals surface area contributed by atoms with E-state index in [-0.39, 0.29) is 6.10 Å². The second kappa shape index (κ2) is 10.2.